The first-order valence-electron chi connectivity index (χ1n) is 10.4. The van der Waals surface area contributed by atoms with Gasteiger partial charge in [-0.3, -0.25) is 9.10 Å². The second kappa shape index (κ2) is 8.19. The summed E-state index contributed by atoms with van der Waals surface area (Å²) >= 11 is 0. The molecule has 6 heteroatoms. The first-order chi connectivity index (χ1) is 14.8. The lowest BCUT2D eigenvalue weighted by Crippen LogP contribution is -2.42. The van der Waals surface area contributed by atoms with Gasteiger partial charge in [-0.05, 0) is 42.2 Å². The van der Waals surface area contributed by atoms with Crippen molar-refractivity contribution in [3.05, 3.63) is 83.4 Å². The SMILES string of the molecule is Cc1cccc(CNC(=O)CN2c3ccc(C(C)C)cc3-c3ccccc3S2(=O)=O)c1. The van der Waals surface area contributed by atoms with Crippen LogP contribution in [0.2, 0.25) is 0 Å². The molecule has 1 amide bonds. The van der Waals surface area contributed by atoms with Gasteiger partial charge in [0.15, 0.2) is 0 Å². The van der Waals surface area contributed by atoms with Crippen molar-refractivity contribution >= 4 is 21.6 Å². The number of nitrogens with one attached hydrogen (secondary N) is 1. The molecule has 0 fully saturated rings. The normalized spacial score (nSPS) is 14.1. The van der Waals surface area contributed by atoms with Crippen LogP contribution in [-0.2, 0) is 21.4 Å². The van der Waals surface area contributed by atoms with Crippen LogP contribution in [0.3, 0.4) is 0 Å². The van der Waals surface area contributed by atoms with Crippen LogP contribution < -0.4 is 9.62 Å². The summed E-state index contributed by atoms with van der Waals surface area (Å²) in [5.74, 6) is -0.0366. The average molecular weight is 435 g/mol. The smallest absolute Gasteiger partial charge is 0.265 e. The molecule has 0 atom stereocenters. The zero-order chi connectivity index (χ0) is 22.2. The van der Waals surface area contributed by atoms with Crippen molar-refractivity contribution in [2.24, 2.45) is 0 Å². The number of amides is 1. The van der Waals surface area contributed by atoms with E-state index in [1.54, 1.807) is 12.1 Å². The van der Waals surface area contributed by atoms with Crippen molar-refractivity contribution in [3.63, 3.8) is 0 Å². The Morgan fingerprint density at radius 3 is 2.48 bits per heavy atom. The van der Waals surface area contributed by atoms with Crippen LogP contribution in [0.25, 0.3) is 11.1 Å². The Kier molecular flexibility index (Phi) is 5.58. The topological polar surface area (TPSA) is 66.5 Å². The van der Waals surface area contributed by atoms with E-state index in [1.165, 1.54) is 4.31 Å². The number of sulfonamides is 1. The molecule has 1 heterocycles. The first-order valence-corrected chi connectivity index (χ1v) is 11.8. The Morgan fingerprint density at radius 2 is 1.74 bits per heavy atom. The lowest BCUT2D eigenvalue weighted by molar-refractivity contribution is -0.119. The van der Waals surface area contributed by atoms with Gasteiger partial charge in [-0.1, -0.05) is 67.9 Å². The quantitative estimate of drug-likeness (QED) is 0.638. The number of fused-ring (bicyclic) bond motifs is 3. The molecule has 1 aliphatic rings. The van der Waals surface area contributed by atoms with Gasteiger partial charge in [0.2, 0.25) is 5.91 Å². The molecule has 5 nitrogen and oxygen atoms in total. The molecule has 0 aliphatic carbocycles. The summed E-state index contributed by atoms with van der Waals surface area (Å²) < 4.78 is 28.0. The summed E-state index contributed by atoms with van der Waals surface area (Å²) in [6, 6.07) is 20.6. The second-order valence-electron chi connectivity index (χ2n) is 8.20. The largest absolute Gasteiger partial charge is 0.350 e. The predicted octanol–water partition coefficient (Wildman–Crippen LogP) is 4.61. The molecule has 0 spiro atoms. The van der Waals surface area contributed by atoms with Gasteiger partial charge in [-0.2, -0.15) is 0 Å². The molecule has 0 unspecified atom stereocenters. The van der Waals surface area contributed by atoms with Crippen molar-refractivity contribution in [2.75, 3.05) is 10.8 Å². The van der Waals surface area contributed by atoms with E-state index in [4.69, 9.17) is 0 Å². The molecule has 160 valence electrons. The molecule has 3 aromatic carbocycles. The van der Waals surface area contributed by atoms with Crippen molar-refractivity contribution < 1.29 is 13.2 Å². The third-order valence-electron chi connectivity index (χ3n) is 5.56. The lowest BCUT2D eigenvalue weighted by Gasteiger charge is -2.32. The Bertz CT molecular complexity index is 1250. The van der Waals surface area contributed by atoms with Gasteiger partial charge < -0.3 is 5.32 Å². The average Bonchev–Trinajstić information content (AvgIpc) is 2.75. The fourth-order valence-electron chi connectivity index (χ4n) is 3.89. The Balaban J connectivity index is 1.67. The van der Waals surface area contributed by atoms with Gasteiger partial charge in [0, 0.05) is 17.7 Å². The van der Waals surface area contributed by atoms with Crippen molar-refractivity contribution in [3.8, 4) is 11.1 Å². The third-order valence-corrected chi connectivity index (χ3v) is 7.38. The number of carbonyl (C=O) groups excluding carboxylic acids is 1. The molecule has 0 bridgehead atoms. The predicted molar refractivity (Wildman–Crippen MR) is 124 cm³/mol. The molecule has 0 radical (unpaired) electrons. The Labute approximate surface area is 183 Å². The van der Waals surface area contributed by atoms with E-state index in [1.807, 2.05) is 61.5 Å². The van der Waals surface area contributed by atoms with Crippen LogP contribution in [0, 0.1) is 6.92 Å². The number of hydrogen-bond donors (Lipinski definition) is 1. The molecule has 31 heavy (non-hydrogen) atoms. The van der Waals surface area contributed by atoms with Crippen molar-refractivity contribution in [1.82, 2.24) is 5.32 Å². The van der Waals surface area contributed by atoms with Gasteiger partial charge >= 0.3 is 0 Å². The zero-order valence-electron chi connectivity index (χ0n) is 17.9. The van der Waals surface area contributed by atoms with Crippen LogP contribution in [0.5, 0.6) is 0 Å². The minimum atomic E-state index is -3.84. The van der Waals surface area contributed by atoms with E-state index < -0.39 is 10.0 Å². The molecule has 1 aliphatic heterocycles. The maximum Gasteiger partial charge on any atom is 0.265 e. The molecule has 0 saturated carbocycles. The van der Waals surface area contributed by atoms with Crippen molar-refractivity contribution in [2.45, 2.75) is 38.1 Å². The highest BCUT2D eigenvalue weighted by Gasteiger charge is 2.36. The maximum absolute atomic E-state index is 13.4. The molecular formula is C25H26N2O3S. The summed E-state index contributed by atoms with van der Waals surface area (Å²) in [6.45, 7) is 6.28. The van der Waals surface area contributed by atoms with E-state index in [2.05, 4.69) is 19.2 Å². The molecule has 4 rings (SSSR count). The molecule has 3 aromatic rings. The first kappa shape index (κ1) is 21.1. The molecular weight excluding hydrogens is 408 g/mol. The van der Waals surface area contributed by atoms with E-state index in [0.717, 1.165) is 22.3 Å². The summed E-state index contributed by atoms with van der Waals surface area (Å²) in [6.07, 6.45) is 0. The number of hydrogen-bond acceptors (Lipinski definition) is 3. The minimum absolute atomic E-state index is 0.231. The molecule has 0 aromatic heterocycles. The number of benzene rings is 3. The van der Waals surface area contributed by atoms with E-state index in [0.29, 0.717) is 23.7 Å². The van der Waals surface area contributed by atoms with Gasteiger partial charge in [0.05, 0.1) is 10.6 Å². The number of anilines is 1. The number of rotatable bonds is 5. The van der Waals surface area contributed by atoms with Crippen LogP contribution in [-0.4, -0.2) is 20.9 Å². The summed E-state index contributed by atoms with van der Waals surface area (Å²) in [7, 11) is -3.84. The summed E-state index contributed by atoms with van der Waals surface area (Å²) in [4.78, 5) is 13.0. The zero-order valence-corrected chi connectivity index (χ0v) is 18.7. The fourth-order valence-corrected chi connectivity index (χ4v) is 5.54. The number of aryl methyl sites for hydroxylation is 1. The van der Waals surface area contributed by atoms with Crippen molar-refractivity contribution in [1.29, 1.82) is 0 Å². The van der Waals surface area contributed by atoms with E-state index in [-0.39, 0.29) is 17.3 Å². The highest BCUT2D eigenvalue weighted by molar-refractivity contribution is 7.93. The fraction of sp³-hybridized carbons (Fsp3) is 0.240. The minimum Gasteiger partial charge on any atom is -0.350 e. The highest BCUT2D eigenvalue weighted by atomic mass is 32.2. The maximum atomic E-state index is 13.4. The second-order valence-corrected chi connectivity index (χ2v) is 10.0. The lowest BCUT2D eigenvalue weighted by atomic mass is 9.95. The van der Waals surface area contributed by atoms with E-state index in [9.17, 15) is 13.2 Å². The molecule has 1 N–H and O–H groups in total. The number of carbonyl (C=O) groups is 1. The van der Waals surface area contributed by atoms with Crippen LogP contribution in [0.15, 0.2) is 71.6 Å². The molecule has 0 saturated heterocycles. The van der Waals surface area contributed by atoms with Crippen LogP contribution in [0.4, 0.5) is 5.69 Å². The van der Waals surface area contributed by atoms with Gasteiger partial charge in [-0.15, -0.1) is 0 Å². The van der Waals surface area contributed by atoms with Gasteiger partial charge in [0.25, 0.3) is 10.0 Å². The van der Waals surface area contributed by atoms with E-state index >= 15 is 0 Å². The summed E-state index contributed by atoms with van der Waals surface area (Å²) in [5.41, 5.74) is 5.25. The summed E-state index contributed by atoms with van der Waals surface area (Å²) in [5, 5.41) is 2.85. The van der Waals surface area contributed by atoms with Crippen LogP contribution in [0.1, 0.15) is 36.5 Å². The number of nitrogens with zero attached hydrogens (tertiary/aromatic N) is 1. The van der Waals surface area contributed by atoms with Crippen LogP contribution >= 0.6 is 0 Å². The Morgan fingerprint density at radius 1 is 0.968 bits per heavy atom. The van der Waals surface area contributed by atoms with Gasteiger partial charge in [0.1, 0.15) is 6.54 Å². The monoisotopic (exact) mass is 434 g/mol. The standard InChI is InChI=1S/C25H26N2O3S/c1-17(2)20-11-12-23-22(14-20)21-9-4-5-10-24(21)31(29,30)27(23)16-25(28)26-15-19-8-6-7-18(3)13-19/h4-14,17H,15-16H2,1-3H3,(H,26,28). The highest BCUT2D eigenvalue weighted by Crippen LogP contribution is 2.43. The van der Waals surface area contributed by atoms with Gasteiger partial charge in [-0.25, -0.2) is 8.42 Å². The Hall–Kier alpha value is -3.12. The third kappa shape index (κ3) is 4.08.